The number of nitrogens with one attached hydrogen (secondary N) is 4. The first-order valence-electron chi connectivity index (χ1n) is 10.4. The number of benzene rings is 1. The van der Waals surface area contributed by atoms with Gasteiger partial charge in [-0.05, 0) is 43.4 Å². The second kappa shape index (κ2) is 15.5. The van der Waals surface area contributed by atoms with Crippen LogP contribution in [-0.4, -0.2) is 67.0 Å². The highest BCUT2D eigenvalue weighted by molar-refractivity contribution is 7.98. The molecule has 12 heteroatoms. The summed E-state index contributed by atoms with van der Waals surface area (Å²) in [6, 6.07) is 5.32. The van der Waals surface area contributed by atoms with Gasteiger partial charge >= 0.3 is 12.0 Å². The van der Waals surface area contributed by atoms with E-state index in [4.69, 9.17) is 9.84 Å². The molecule has 0 aliphatic carbocycles. The first-order valence-corrected chi connectivity index (χ1v) is 11.6. The number of urea groups is 1. The van der Waals surface area contributed by atoms with Gasteiger partial charge in [0.25, 0.3) is 12.4 Å². The van der Waals surface area contributed by atoms with Gasteiger partial charge in [0, 0.05) is 23.4 Å². The van der Waals surface area contributed by atoms with Gasteiger partial charge in [-0.2, -0.15) is 0 Å². The summed E-state index contributed by atoms with van der Waals surface area (Å²) in [5.74, 6) is -1.86. The van der Waals surface area contributed by atoms with Gasteiger partial charge in [-0.15, -0.1) is 11.8 Å². The number of rotatable bonds is 15. The Bertz CT molecular complexity index is 804. The molecule has 0 saturated heterocycles. The highest BCUT2D eigenvalue weighted by Crippen LogP contribution is 2.14. The van der Waals surface area contributed by atoms with Crippen molar-refractivity contribution in [3.63, 3.8) is 0 Å². The van der Waals surface area contributed by atoms with Crippen LogP contribution in [0.3, 0.4) is 0 Å². The number of hydrogen-bond donors (Lipinski definition) is 5. The molecule has 2 atom stereocenters. The van der Waals surface area contributed by atoms with Crippen LogP contribution in [0.2, 0.25) is 0 Å². The average Bonchev–Trinajstić information content (AvgIpc) is 2.80. The molecular formula is C21H30N4O7S. The molecule has 182 valence electrons. The number of carboxylic acids is 1. The lowest BCUT2D eigenvalue weighted by Gasteiger charge is -2.19. The fraction of sp³-hybridized carbons (Fsp3) is 0.476. The fourth-order valence-corrected chi connectivity index (χ4v) is 3.10. The molecule has 0 spiro atoms. The molecule has 5 N–H and O–H groups in total. The number of carbonyl (C=O) groups is 5. The average molecular weight is 483 g/mol. The van der Waals surface area contributed by atoms with Gasteiger partial charge in [0.1, 0.15) is 6.04 Å². The highest BCUT2D eigenvalue weighted by atomic mass is 32.2. The van der Waals surface area contributed by atoms with E-state index in [1.807, 2.05) is 18.4 Å². The van der Waals surface area contributed by atoms with E-state index >= 15 is 0 Å². The molecule has 0 saturated carbocycles. The molecule has 0 aromatic heterocycles. The highest BCUT2D eigenvalue weighted by Gasteiger charge is 2.20. The minimum Gasteiger partial charge on any atom is -0.480 e. The van der Waals surface area contributed by atoms with Crippen molar-refractivity contribution in [3.05, 3.63) is 29.8 Å². The van der Waals surface area contributed by atoms with Crippen LogP contribution in [-0.2, 0) is 19.1 Å². The summed E-state index contributed by atoms with van der Waals surface area (Å²) in [4.78, 5) is 58.9. The summed E-state index contributed by atoms with van der Waals surface area (Å²) in [6.07, 6.45) is 2.04. The zero-order valence-corrected chi connectivity index (χ0v) is 19.4. The second-order valence-corrected chi connectivity index (χ2v) is 7.79. The van der Waals surface area contributed by atoms with Gasteiger partial charge in [0.05, 0.1) is 6.54 Å². The van der Waals surface area contributed by atoms with E-state index in [2.05, 4.69) is 21.3 Å². The molecule has 0 aliphatic heterocycles. The minimum absolute atomic E-state index is 0.0498. The van der Waals surface area contributed by atoms with Crippen molar-refractivity contribution in [1.82, 2.24) is 21.3 Å². The predicted octanol–water partition coefficient (Wildman–Crippen LogP) is 1.09. The Kier molecular flexibility index (Phi) is 13.0. The van der Waals surface area contributed by atoms with E-state index in [9.17, 15) is 24.0 Å². The standard InChI is InChI=1S/C21H30N4O7S/c1-3-5-16(20(29)30)24-21(31)23-12-18(32-13-26)25-17(27)6-4-11-22-19(28)14-7-9-15(33-2)10-8-14/h7-10,13,16,18H,3-6,11-12H2,1-2H3,(H,22,28)(H,25,27)(H,29,30)(H2,23,24,31)/t16-,18-/m0/s1. The lowest BCUT2D eigenvalue weighted by molar-refractivity contribution is -0.139. The maximum atomic E-state index is 12.1. The normalized spacial score (nSPS) is 12.1. The Hall–Kier alpha value is -3.28. The third kappa shape index (κ3) is 11.2. The zero-order chi connectivity index (χ0) is 24.6. The van der Waals surface area contributed by atoms with Gasteiger partial charge in [0.2, 0.25) is 5.91 Å². The maximum Gasteiger partial charge on any atom is 0.326 e. The fourth-order valence-electron chi connectivity index (χ4n) is 2.69. The molecule has 33 heavy (non-hydrogen) atoms. The first kappa shape index (κ1) is 27.8. The van der Waals surface area contributed by atoms with Crippen molar-refractivity contribution in [3.8, 4) is 0 Å². The number of ether oxygens (including phenoxy) is 1. The predicted molar refractivity (Wildman–Crippen MR) is 122 cm³/mol. The largest absolute Gasteiger partial charge is 0.480 e. The van der Waals surface area contributed by atoms with Crippen LogP contribution < -0.4 is 21.3 Å². The van der Waals surface area contributed by atoms with Crippen LogP contribution >= 0.6 is 11.8 Å². The topological polar surface area (TPSA) is 163 Å². The zero-order valence-electron chi connectivity index (χ0n) is 18.6. The molecule has 1 aromatic carbocycles. The lowest BCUT2D eigenvalue weighted by atomic mass is 10.2. The summed E-state index contributed by atoms with van der Waals surface area (Å²) >= 11 is 1.57. The van der Waals surface area contributed by atoms with E-state index in [1.54, 1.807) is 30.8 Å². The van der Waals surface area contributed by atoms with Gasteiger partial charge in [-0.1, -0.05) is 13.3 Å². The third-order valence-electron chi connectivity index (χ3n) is 4.39. The van der Waals surface area contributed by atoms with Crippen LogP contribution in [0.1, 0.15) is 43.0 Å². The third-order valence-corrected chi connectivity index (χ3v) is 5.13. The van der Waals surface area contributed by atoms with Crippen LogP contribution in [0.5, 0.6) is 0 Å². The number of aliphatic carboxylic acids is 1. The first-order chi connectivity index (χ1) is 15.8. The Labute approximate surface area is 196 Å². The van der Waals surface area contributed by atoms with Crippen molar-refractivity contribution in [2.75, 3.05) is 19.3 Å². The minimum atomic E-state index is -1.16. The summed E-state index contributed by atoms with van der Waals surface area (Å²) in [5.41, 5.74) is 0.519. The molecule has 0 radical (unpaired) electrons. The maximum absolute atomic E-state index is 12.1. The monoisotopic (exact) mass is 482 g/mol. The Morgan fingerprint density at radius 1 is 1.12 bits per heavy atom. The number of hydrogen-bond acceptors (Lipinski definition) is 7. The van der Waals surface area contributed by atoms with E-state index < -0.39 is 30.2 Å². The summed E-state index contributed by atoms with van der Waals surface area (Å²) < 4.78 is 4.74. The van der Waals surface area contributed by atoms with Crippen LogP contribution in [0.4, 0.5) is 4.79 Å². The van der Waals surface area contributed by atoms with E-state index in [1.165, 1.54) is 0 Å². The molecule has 0 heterocycles. The molecule has 0 fully saturated rings. The molecular weight excluding hydrogens is 452 g/mol. The van der Waals surface area contributed by atoms with Crippen molar-refractivity contribution in [2.45, 2.75) is 49.8 Å². The number of thioether (sulfide) groups is 1. The summed E-state index contributed by atoms with van der Waals surface area (Å²) in [7, 11) is 0. The van der Waals surface area contributed by atoms with E-state index in [-0.39, 0.29) is 38.3 Å². The van der Waals surface area contributed by atoms with Crippen molar-refractivity contribution >= 4 is 42.0 Å². The van der Waals surface area contributed by atoms with Crippen LogP contribution in [0.15, 0.2) is 29.2 Å². The molecule has 0 aliphatic rings. The Morgan fingerprint density at radius 2 is 1.82 bits per heavy atom. The number of amides is 4. The van der Waals surface area contributed by atoms with Gasteiger partial charge in [-0.3, -0.25) is 14.4 Å². The Balaban J connectivity index is 2.36. The van der Waals surface area contributed by atoms with E-state index in [0.29, 0.717) is 18.4 Å². The van der Waals surface area contributed by atoms with Crippen molar-refractivity contribution in [1.29, 1.82) is 0 Å². The van der Waals surface area contributed by atoms with Crippen molar-refractivity contribution < 1.29 is 33.8 Å². The summed E-state index contributed by atoms with van der Waals surface area (Å²) in [5, 5.41) is 18.9. The van der Waals surface area contributed by atoms with Gasteiger partial charge in [0.15, 0.2) is 6.23 Å². The molecule has 1 aromatic rings. The van der Waals surface area contributed by atoms with Crippen LogP contribution in [0, 0.1) is 0 Å². The molecule has 0 bridgehead atoms. The molecule has 1 rings (SSSR count). The van der Waals surface area contributed by atoms with Crippen LogP contribution in [0.25, 0.3) is 0 Å². The number of carbonyl (C=O) groups excluding carboxylic acids is 4. The Morgan fingerprint density at radius 3 is 2.39 bits per heavy atom. The number of carboxylic acid groups (broad SMARTS) is 1. The van der Waals surface area contributed by atoms with Gasteiger partial charge in [-0.25, -0.2) is 9.59 Å². The van der Waals surface area contributed by atoms with Crippen molar-refractivity contribution in [2.24, 2.45) is 0 Å². The quantitative estimate of drug-likeness (QED) is 0.107. The molecule has 11 nitrogen and oxygen atoms in total. The second-order valence-electron chi connectivity index (χ2n) is 6.91. The van der Waals surface area contributed by atoms with Gasteiger partial charge < -0.3 is 31.1 Å². The smallest absolute Gasteiger partial charge is 0.326 e. The molecule has 4 amide bonds. The lowest BCUT2D eigenvalue weighted by Crippen LogP contribution is -2.51. The SMILES string of the molecule is CCC[C@H](NC(=O)NC[C@@H](NC(=O)CCCNC(=O)c1ccc(SC)cc1)OC=O)C(=O)O. The van der Waals surface area contributed by atoms with E-state index in [0.717, 1.165) is 4.90 Å². The molecule has 0 unspecified atom stereocenters. The summed E-state index contributed by atoms with van der Waals surface area (Å²) in [6.45, 7) is 1.93.